The van der Waals surface area contributed by atoms with E-state index in [0.717, 1.165) is 28.8 Å². The lowest BCUT2D eigenvalue weighted by molar-refractivity contribution is -0.0164. The third-order valence-corrected chi connectivity index (χ3v) is 3.17. The summed E-state index contributed by atoms with van der Waals surface area (Å²) in [6, 6.07) is 4.18. The molecule has 0 radical (unpaired) electrons. The summed E-state index contributed by atoms with van der Waals surface area (Å²) >= 11 is 3.57. The molecule has 0 atom stereocenters. The molecule has 2 rings (SSSR count). The molecule has 0 saturated carbocycles. The molecule has 0 amide bonds. The summed E-state index contributed by atoms with van der Waals surface area (Å²) in [5, 5.41) is 3.14. The lowest BCUT2D eigenvalue weighted by atomic mass is 10.1. The van der Waals surface area contributed by atoms with E-state index in [9.17, 15) is 0 Å². The first-order chi connectivity index (χ1) is 7.31. The molecule has 1 N–H and O–H groups in total. The Kier molecular flexibility index (Phi) is 3.61. The van der Waals surface area contributed by atoms with Gasteiger partial charge >= 0.3 is 0 Å². The van der Waals surface area contributed by atoms with Crippen LogP contribution < -0.4 is 10.1 Å². The van der Waals surface area contributed by atoms with Gasteiger partial charge < -0.3 is 14.8 Å². The largest absolute Gasteiger partial charge is 0.467 e. The maximum absolute atomic E-state index is 5.44. The molecular weight excluding hydrogens is 258 g/mol. The van der Waals surface area contributed by atoms with Crippen LogP contribution in [-0.4, -0.2) is 20.4 Å². The summed E-state index contributed by atoms with van der Waals surface area (Å²) in [5.74, 6) is 0.954. The minimum absolute atomic E-state index is 0.361. The highest BCUT2D eigenvalue weighted by Gasteiger charge is 2.13. The molecule has 0 saturated heterocycles. The van der Waals surface area contributed by atoms with Crippen molar-refractivity contribution in [3.63, 3.8) is 0 Å². The first-order valence-electron chi connectivity index (χ1n) is 4.97. The zero-order valence-corrected chi connectivity index (χ0v) is 10.3. The van der Waals surface area contributed by atoms with Crippen molar-refractivity contribution in [3.8, 4) is 5.75 Å². The Morgan fingerprint density at radius 2 is 2.33 bits per heavy atom. The standard InChI is InChI=1S/C11H14BrNO2/c1-13-3-2-8-5-11-9(4-10(8)12)6-14-7-15-11/h4-5,13H,2-3,6-7H2,1H3. The molecule has 0 aliphatic carbocycles. The number of rotatable bonds is 3. The normalized spacial score (nSPS) is 14.5. The molecule has 1 aromatic carbocycles. The van der Waals surface area contributed by atoms with Crippen LogP contribution in [0, 0.1) is 0 Å². The maximum atomic E-state index is 5.44. The first-order valence-corrected chi connectivity index (χ1v) is 5.77. The van der Waals surface area contributed by atoms with Crippen molar-refractivity contribution in [1.82, 2.24) is 5.32 Å². The Bertz CT molecular complexity index is 355. The number of hydrogen-bond acceptors (Lipinski definition) is 3. The summed E-state index contributed by atoms with van der Waals surface area (Å²) in [5.41, 5.74) is 2.38. The minimum atomic E-state index is 0.361. The van der Waals surface area contributed by atoms with Crippen molar-refractivity contribution in [2.75, 3.05) is 20.4 Å². The number of halogens is 1. The maximum Gasteiger partial charge on any atom is 0.189 e. The Morgan fingerprint density at radius 1 is 1.47 bits per heavy atom. The van der Waals surface area contributed by atoms with Gasteiger partial charge in [-0.1, -0.05) is 15.9 Å². The molecule has 0 bridgehead atoms. The van der Waals surface area contributed by atoms with E-state index in [2.05, 4.69) is 33.4 Å². The van der Waals surface area contributed by atoms with Crippen molar-refractivity contribution in [3.05, 3.63) is 27.7 Å². The van der Waals surface area contributed by atoms with Gasteiger partial charge in [0.15, 0.2) is 6.79 Å². The van der Waals surface area contributed by atoms with Gasteiger partial charge in [-0.25, -0.2) is 0 Å². The van der Waals surface area contributed by atoms with Crippen LogP contribution in [0.5, 0.6) is 5.75 Å². The minimum Gasteiger partial charge on any atom is -0.467 e. The number of fused-ring (bicyclic) bond motifs is 1. The summed E-state index contributed by atoms with van der Waals surface area (Å²) < 4.78 is 11.8. The highest BCUT2D eigenvalue weighted by molar-refractivity contribution is 9.10. The van der Waals surface area contributed by atoms with Gasteiger partial charge in [-0.3, -0.25) is 0 Å². The number of ether oxygens (including phenoxy) is 2. The van der Waals surface area contributed by atoms with Gasteiger partial charge in [-0.2, -0.15) is 0 Å². The van der Waals surface area contributed by atoms with Crippen LogP contribution in [0.15, 0.2) is 16.6 Å². The molecule has 4 heteroatoms. The van der Waals surface area contributed by atoms with Gasteiger partial charge in [-0.05, 0) is 37.7 Å². The molecule has 3 nitrogen and oxygen atoms in total. The average molecular weight is 272 g/mol. The number of likely N-dealkylation sites (N-methyl/N-ethyl adjacent to an activating group) is 1. The molecule has 0 aromatic heterocycles. The fourth-order valence-corrected chi connectivity index (χ4v) is 2.18. The van der Waals surface area contributed by atoms with Crippen LogP contribution in [0.1, 0.15) is 11.1 Å². The Balaban J connectivity index is 2.24. The van der Waals surface area contributed by atoms with Crippen LogP contribution >= 0.6 is 15.9 Å². The first kappa shape index (κ1) is 10.9. The van der Waals surface area contributed by atoms with Crippen LogP contribution in [-0.2, 0) is 17.8 Å². The van der Waals surface area contributed by atoms with Crippen molar-refractivity contribution in [1.29, 1.82) is 0 Å². The molecule has 82 valence electrons. The van der Waals surface area contributed by atoms with Crippen molar-refractivity contribution in [2.45, 2.75) is 13.0 Å². The molecule has 0 fully saturated rings. The van der Waals surface area contributed by atoms with E-state index in [1.165, 1.54) is 5.56 Å². The van der Waals surface area contributed by atoms with E-state index in [1.807, 2.05) is 7.05 Å². The molecule has 1 aromatic rings. The van der Waals surface area contributed by atoms with E-state index >= 15 is 0 Å². The second kappa shape index (κ2) is 4.96. The van der Waals surface area contributed by atoms with Gasteiger partial charge in [0.05, 0.1) is 6.61 Å². The lowest BCUT2D eigenvalue weighted by Crippen LogP contribution is -2.14. The van der Waals surface area contributed by atoms with Gasteiger partial charge in [-0.15, -0.1) is 0 Å². The average Bonchev–Trinajstić information content (AvgIpc) is 2.26. The van der Waals surface area contributed by atoms with Crippen LogP contribution in [0.4, 0.5) is 0 Å². The molecule has 1 aliphatic heterocycles. The topological polar surface area (TPSA) is 30.5 Å². The molecule has 15 heavy (non-hydrogen) atoms. The number of nitrogens with one attached hydrogen (secondary N) is 1. The van der Waals surface area contributed by atoms with Gasteiger partial charge in [0.2, 0.25) is 0 Å². The molecule has 0 unspecified atom stereocenters. The number of hydrogen-bond donors (Lipinski definition) is 1. The van der Waals surface area contributed by atoms with Crippen molar-refractivity contribution in [2.24, 2.45) is 0 Å². The van der Waals surface area contributed by atoms with Crippen LogP contribution in [0.3, 0.4) is 0 Å². The highest BCUT2D eigenvalue weighted by Crippen LogP contribution is 2.30. The highest BCUT2D eigenvalue weighted by atomic mass is 79.9. The smallest absolute Gasteiger partial charge is 0.189 e. The fourth-order valence-electron chi connectivity index (χ4n) is 1.59. The zero-order chi connectivity index (χ0) is 10.7. The quantitative estimate of drug-likeness (QED) is 0.913. The van der Waals surface area contributed by atoms with Gasteiger partial charge in [0.25, 0.3) is 0 Å². The molecular formula is C11H14BrNO2. The SMILES string of the molecule is CNCCc1cc2c(cc1Br)COCO2. The van der Waals surface area contributed by atoms with Crippen molar-refractivity contribution >= 4 is 15.9 Å². The monoisotopic (exact) mass is 271 g/mol. The number of benzene rings is 1. The molecule has 0 spiro atoms. The Morgan fingerprint density at radius 3 is 3.13 bits per heavy atom. The fraction of sp³-hybridized carbons (Fsp3) is 0.455. The summed E-state index contributed by atoms with van der Waals surface area (Å²) in [7, 11) is 1.96. The van der Waals surface area contributed by atoms with E-state index < -0.39 is 0 Å². The second-order valence-corrected chi connectivity index (χ2v) is 4.37. The molecule has 1 aliphatic rings. The Labute approximate surface area is 97.9 Å². The van der Waals surface area contributed by atoms with E-state index in [0.29, 0.717) is 13.4 Å². The van der Waals surface area contributed by atoms with Gasteiger partial charge in [0.1, 0.15) is 5.75 Å². The predicted octanol–water partition coefficient (Wildman–Crippen LogP) is 2.08. The van der Waals surface area contributed by atoms with Gasteiger partial charge in [0, 0.05) is 10.0 Å². The van der Waals surface area contributed by atoms with Crippen LogP contribution in [0.25, 0.3) is 0 Å². The second-order valence-electron chi connectivity index (χ2n) is 3.52. The summed E-state index contributed by atoms with van der Waals surface area (Å²) in [6.45, 7) is 1.97. The summed E-state index contributed by atoms with van der Waals surface area (Å²) in [6.07, 6.45) is 0.995. The zero-order valence-electron chi connectivity index (χ0n) is 8.68. The van der Waals surface area contributed by atoms with E-state index in [1.54, 1.807) is 0 Å². The van der Waals surface area contributed by atoms with Crippen LogP contribution in [0.2, 0.25) is 0 Å². The van der Waals surface area contributed by atoms with E-state index in [4.69, 9.17) is 9.47 Å². The third kappa shape index (κ3) is 2.51. The van der Waals surface area contributed by atoms with Crippen molar-refractivity contribution < 1.29 is 9.47 Å². The Hall–Kier alpha value is -0.580. The van der Waals surface area contributed by atoms with E-state index in [-0.39, 0.29) is 0 Å². The molecule has 1 heterocycles. The third-order valence-electron chi connectivity index (χ3n) is 2.43. The lowest BCUT2D eigenvalue weighted by Gasteiger charge is -2.19. The summed E-state index contributed by atoms with van der Waals surface area (Å²) in [4.78, 5) is 0. The predicted molar refractivity (Wildman–Crippen MR) is 62.1 cm³/mol.